The highest BCUT2D eigenvalue weighted by molar-refractivity contribution is 6.41. The minimum Gasteiger partial charge on any atom is -0.342 e. The van der Waals surface area contributed by atoms with Crippen LogP contribution >= 0.6 is 11.6 Å². The van der Waals surface area contributed by atoms with E-state index in [-0.39, 0.29) is 6.54 Å². The van der Waals surface area contributed by atoms with Crippen LogP contribution in [0.4, 0.5) is 5.69 Å². The number of carbonyl (C=O) groups is 2. The van der Waals surface area contributed by atoms with Gasteiger partial charge in [-0.2, -0.15) is 5.10 Å². The van der Waals surface area contributed by atoms with Gasteiger partial charge in [-0.1, -0.05) is 17.7 Å². The van der Waals surface area contributed by atoms with Gasteiger partial charge in [0, 0.05) is 23.5 Å². The van der Waals surface area contributed by atoms with Gasteiger partial charge in [0.05, 0.1) is 12.2 Å². The first-order valence-corrected chi connectivity index (χ1v) is 6.90. The number of carbonyl (C=O) groups excluding carboxylic acids is 2. The van der Waals surface area contributed by atoms with Crippen molar-refractivity contribution in [1.82, 2.24) is 15.5 Å². The molecule has 1 aromatic heterocycles. The Bertz CT molecular complexity index is 684. The first kappa shape index (κ1) is 13.6. The Morgan fingerprint density at radius 2 is 2.24 bits per heavy atom. The molecule has 3 rings (SSSR count). The Morgan fingerprint density at radius 1 is 1.38 bits per heavy atom. The average molecular weight is 305 g/mol. The monoisotopic (exact) mass is 304 g/mol. The number of H-pyrrole nitrogens is 1. The van der Waals surface area contributed by atoms with E-state index in [0.29, 0.717) is 23.7 Å². The second-order valence-corrected chi connectivity index (χ2v) is 5.12. The van der Waals surface area contributed by atoms with Gasteiger partial charge < -0.3 is 10.2 Å². The lowest BCUT2D eigenvalue weighted by molar-refractivity contribution is -0.137. The van der Waals surface area contributed by atoms with Crippen molar-refractivity contribution in [2.75, 3.05) is 11.4 Å². The van der Waals surface area contributed by atoms with E-state index in [9.17, 15) is 9.59 Å². The van der Waals surface area contributed by atoms with Gasteiger partial charge in [0.1, 0.15) is 0 Å². The summed E-state index contributed by atoms with van der Waals surface area (Å²) in [5, 5.41) is 9.69. The Balaban J connectivity index is 1.69. The summed E-state index contributed by atoms with van der Waals surface area (Å²) >= 11 is 6.10. The van der Waals surface area contributed by atoms with E-state index in [1.807, 2.05) is 0 Å². The molecular formula is C14H13ClN4O2. The van der Waals surface area contributed by atoms with Crippen LogP contribution in [0.1, 0.15) is 11.3 Å². The molecular weight excluding hydrogens is 292 g/mol. The van der Waals surface area contributed by atoms with Crippen LogP contribution in [0.3, 0.4) is 0 Å². The van der Waals surface area contributed by atoms with E-state index in [2.05, 4.69) is 15.5 Å². The lowest BCUT2D eigenvalue weighted by Gasteiger charge is -2.16. The summed E-state index contributed by atoms with van der Waals surface area (Å²) in [6, 6.07) is 7.09. The molecule has 1 aliphatic heterocycles. The smallest absolute Gasteiger partial charge is 0.316 e. The Kier molecular flexibility index (Phi) is 3.62. The van der Waals surface area contributed by atoms with Crippen molar-refractivity contribution in [3.05, 3.63) is 46.7 Å². The first-order valence-electron chi connectivity index (χ1n) is 6.52. The van der Waals surface area contributed by atoms with Crippen LogP contribution in [0, 0.1) is 0 Å². The molecule has 0 aliphatic carbocycles. The normalized spacial score (nSPS) is 13.1. The zero-order valence-electron chi connectivity index (χ0n) is 11.1. The molecule has 2 N–H and O–H groups in total. The van der Waals surface area contributed by atoms with Crippen LogP contribution in [0.2, 0.25) is 5.02 Å². The van der Waals surface area contributed by atoms with E-state index in [4.69, 9.17) is 11.6 Å². The van der Waals surface area contributed by atoms with Crippen LogP contribution in [0.25, 0.3) is 0 Å². The van der Waals surface area contributed by atoms with E-state index in [0.717, 1.165) is 11.3 Å². The van der Waals surface area contributed by atoms with Gasteiger partial charge in [0.25, 0.3) is 0 Å². The molecule has 6 nitrogen and oxygen atoms in total. The number of aromatic nitrogens is 2. The van der Waals surface area contributed by atoms with Crippen molar-refractivity contribution in [2.45, 2.75) is 13.0 Å². The first-order chi connectivity index (χ1) is 10.2. The zero-order valence-corrected chi connectivity index (χ0v) is 11.9. The molecule has 0 fully saturated rings. The Labute approximate surface area is 126 Å². The minimum absolute atomic E-state index is 0.237. The molecule has 2 heterocycles. The van der Waals surface area contributed by atoms with E-state index < -0.39 is 11.8 Å². The quantitative estimate of drug-likeness (QED) is 0.820. The van der Waals surface area contributed by atoms with Gasteiger partial charge in [0.2, 0.25) is 0 Å². The predicted molar refractivity (Wildman–Crippen MR) is 77.9 cm³/mol. The van der Waals surface area contributed by atoms with E-state index in [1.165, 1.54) is 4.90 Å². The maximum atomic E-state index is 12.2. The minimum atomic E-state index is -0.641. The number of halogens is 1. The van der Waals surface area contributed by atoms with Crippen LogP contribution < -0.4 is 10.2 Å². The van der Waals surface area contributed by atoms with Gasteiger partial charge in [-0.05, 0) is 30.2 Å². The molecule has 1 aliphatic rings. The Hall–Kier alpha value is -2.34. The summed E-state index contributed by atoms with van der Waals surface area (Å²) in [6.45, 7) is 0.705. The SMILES string of the molecule is O=C(NCc1ccn[nH]1)C(=O)N1CCc2c(Cl)cccc21. The number of anilines is 1. The van der Waals surface area contributed by atoms with Crippen molar-refractivity contribution in [2.24, 2.45) is 0 Å². The van der Waals surface area contributed by atoms with Crippen molar-refractivity contribution in [3.8, 4) is 0 Å². The van der Waals surface area contributed by atoms with Crippen LogP contribution in [0.15, 0.2) is 30.5 Å². The average Bonchev–Trinajstić information content (AvgIpc) is 3.14. The summed E-state index contributed by atoms with van der Waals surface area (Å²) in [5.74, 6) is -1.21. The molecule has 0 unspecified atom stereocenters. The molecule has 21 heavy (non-hydrogen) atoms. The molecule has 2 amide bonds. The molecule has 0 saturated carbocycles. The summed E-state index contributed by atoms with van der Waals surface area (Å²) < 4.78 is 0. The van der Waals surface area contributed by atoms with Crippen LogP contribution in [0.5, 0.6) is 0 Å². The third-order valence-corrected chi connectivity index (χ3v) is 3.76. The van der Waals surface area contributed by atoms with Crippen molar-refractivity contribution >= 4 is 29.1 Å². The van der Waals surface area contributed by atoms with Gasteiger partial charge in [-0.3, -0.25) is 14.7 Å². The van der Waals surface area contributed by atoms with Crippen molar-refractivity contribution in [3.63, 3.8) is 0 Å². The van der Waals surface area contributed by atoms with Gasteiger partial charge in [-0.25, -0.2) is 0 Å². The molecule has 1 aromatic carbocycles. The highest BCUT2D eigenvalue weighted by atomic mass is 35.5. The van der Waals surface area contributed by atoms with Crippen molar-refractivity contribution < 1.29 is 9.59 Å². The van der Waals surface area contributed by atoms with Gasteiger partial charge in [0.15, 0.2) is 0 Å². The molecule has 0 atom stereocenters. The summed E-state index contributed by atoms with van der Waals surface area (Å²) in [5.41, 5.74) is 2.36. The van der Waals surface area contributed by atoms with Gasteiger partial charge in [-0.15, -0.1) is 0 Å². The number of rotatable bonds is 2. The highest BCUT2D eigenvalue weighted by Crippen LogP contribution is 2.33. The zero-order chi connectivity index (χ0) is 14.8. The predicted octanol–water partition coefficient (Wildman–Crippen LogP) is 1.27. The maximum Gasteiger partial charge on any atom is 0.316 e. The summed E-state index contributed by atoms with van der Waals surface area (Å²) in [4.78, 5) is 25.6. The third kappa shape index (κ3) is 2.62. The number of fused-ring (bicyclic) bond motifs is 1. The van der Waals surface area contributed by atoms with Crippen molar-refractivity contribution in [1.29, 1.82) is 0 Å². The molecule has 108 valence electrons. The Morgan fingerprint density at radius 3 is 3.00 bits per heavy atom. The number of nitrogens with zero attached hydrogens (tertiary/aromatic N) is 2. The molecule has 7 heteroatoms. The number of nitrogens with one attached hydrogen (secondary N) is 2. The lowest BCUT2D eigenvalue weighted by Crippen LogP contribution is -2.42. The third-order valence-electron chi connectivity index (χ3n) is 3.41. The largest absolute Gasteiger partial charge is 0.342 e. The number of hydrogen-bond donors (Lipinski definition) is 2. The highest BCUT2D eigenvalue weighted by Gasteiger charge is 2.30. The molecule has 0 bridgehead atoms. The molecule has 0 spiro atoms. The fraction of sp³-hybridized carbons (Fsp3) is 0.214. The lowest BCUT2D eigenvalue weighted by atomic mass is 10.2. The topological polar surface area (TPSA) is 78.1 Å². The fourth-order valence-electron chi connectivity index (χ4n) is 2.36. The summed E-state index contributed by atoms with van der Waals surface area (Å²) in [6.07, 6.45) is 2.25. The second-order valence-electron chi connectivity index (χ2n) is 4.71. The molecule has 2 aromatic rings. The van der Waals surface area contributed by atoms with E-state index in [1.54, 1.807) is 30.5 Å². The molecule has 0 saturated heterocycles. The van der Waals surface area contributed by atoms with Gasteiger partial charge >= 0.3 is 11.8 Å². The second kappa shape index (κ2) is 5.57. The number of benzene rings is 1. The van der Waals surface area contributed by atoms with Crippen LogP contribution in [-0.4, -0.2) is 28.6 Å². The number of amides is 2. The maximum absolute atomic E-state index is 12.2. The summed E-state index contributed by atoms with van der Waals surface area (Å²) in [7, 11) is 0. The number of aromatic amines is 1. The standard InChI is InChI=1S/C14H13ClN4O2/c15-11-2-1-3-12-10(11)5-7-19(12)14(21)13(20)16-8-9-4-6-17-18-9/h1-4,6H,5,7-8H2,(H,16,20)(H,17,18). The number of hydrogen-bond acceptors (Lipinski definition) is 3. The van der Waals surface area contributed by atoms with Crippen LogP contribution in [-0.2, 0) is 22.6 Å². The molecule has 0 radical (unpaired) electrons. The fourth-order valence-corrected chi connectivity index (χ4v) is 2.62. The van der Waals surface area contributed by atoms with E-state index >= 15 is 0 Å².